The van der Waals surface area contributed by atoms with E-state index in [9.17, 15) is 0 Å². The van der Waals surface area contributed by atoms with E-state index in [1.165, 1.54) is 0 Å². The minimum Gasteiger partial charge on any atom is -0.311 e. The van der Waals surface area contributed by atoms with Gasteiger partial charge in [0, 0.05) is 13.6 Å². The summed E-state index contributed by atoms with van der Waals surface area (Å²) in [5.41, 5.74) is 3.14. The second kappa shape index (κ2) is 6.29. The highest BCUT2D eigenvalue weighted by Gasteiger charge is 2.13. The summed E-state index contributed by atoms with van der Waals surface area (Å²) >= 11 is 3.61. The van der Waals surface area contributed by atoms with E-state index in [2.05, 4.69) is 50.5 Å². The van der Waals surface area contributed by atoms with Gasteiger partial charge in [0.05, 0.1) is 34.3 Å². The summed E-state index contributed by atoms with van der Waals surface area (Å²) in [5, 5.41) is 16.0. The Labute approximate surface area is 121 Å². The third-order valence-electron chi connectivity index (χ3n) is 2.96. The molecule has 0 unspecified atom stereocenters. The Morgan fingerprint density at radius 1 is 1.37 bits per heavy atom. The zero-order valence-electron chi connectivity index (χ0n) is 11.5. The quantitative estimate of drug-likeness (QED) is 0.873. The third kappa shape index (κ3) is 3.22. The number of halogens is 1. The van der Waals surface area contributed by atoms with Gasteiger partial charge in [0.15, 0.2) is 0 Å². The predicted molar refractivity (Wildman–Crippen MR) is 76.8 cm³/mol. The maximum Gasteiger partial charge on any atom is 0.0964 e. The molecule has 0 fully saturated rings. The van der Waals surface area contributed by atoms with Gasteiger partial charge >= 0.3 is 0 Å². The van der Waals surface area contributed by atoms with Gasteiger partial charge in [-0.15, -0.1) is 5.10 Å². The topological polar surface area (TPSA) is 60.6 Å². The van der Waals surface area contributed by atoms with Crippen LogP contribution in [0.1, 0.15) is 30.9 Å². The van der Waals surface area contributed by atoms with Crippen molar-refractivity contribution in [2.75, 3.05) is 6.54 Å². The molecule has 7 heteroatoms. The summed E-state index contributed by atoms with van der Waals surface area (Å²) in [5.74, 6) is 0. The Balaban J connectivity index is 2.12. The first-order valence-corrected chi connectivity index (χ1v) is 7.25. The minimum absolute atomic E-state index is 0.670. The van der Waals surface area contributed by atoms with Gasteiger partial charge in [-0.05, 0) is 28.9 Å². The number of rotatable bonds is 6. The van der Waals surface area contributed by atoms with Crippen molar-refractivity contribution in [1.29, 1.82) is 0 Å². The first-order chi connectivity index (χ1) is 9.15. The van der Waals surface area contributed by atoms with Crippen molar-refractivity contribution in [2.45, 2.75) is 33.4 Å². The monoisotopic (exact) mass is 326 g/mol. The van der Waals surface area contributed by atoms with Crippen molar-refractivity contribution in [3.8, 4) is 0 Å². The summed E-state index contributed by atoms with van der Waals surface area (Å²) < 4.78 is 4.81. The van der Waals surface area contributed by atoms with E-state index >= 15 is 0 Å². The molecule has 2 aromatic rings. The van der Waals surface area contributed by atoms with Crippen LogP contribution in [0.3, 0.4) is 0 Å². The van der Waals surface area contributed by atoms with Crippen molar-refractivity contribution in [3.63, 3.8) is 0 Å². The lowest BCUT2D eigenvalue weighted by Crippen LogP contribution is -2.11. The SMILES string of the molecule is CCNCc1cn(Cc2c(Br)c(CC)nn2C)nn1. The van der Waals surface area contributed by atoms with Gasteiger partial charge in [-0.1, -0.05) is 19.1 Å². The Morgan fingerprint density at radius 2 is 2.16 bits per heavy atom. The average molecular weight is 327 g/mol. The normalized spacial score (nSPS) is 11.2. The zero-order chi connectivity index (χ0) is 13.8. The molecule has 19 heavy (non-hydrogen) atoms. The highest BCUT2D eigenvalue weighted by atomic mass is 79.9. The molecule has 104 valence electrons. The van der Waals surface area contributed by atoms with Crippen molar-refractivity contribution in [1.82, 2.24) is 30.1 Å². The minimum atomic E-state index is 0.670. The second-order valence-corrected chi connectivity index (χ2v) is 5.17. The van der Waals surface area contributed by atoms with E-state index in [4.69, 9.17) is 0 Å². The van der Waals surface area contributed by atoms with Gasteiger partial charge in [0.25, 0.3) is 0 Å². The third-order valence-corrected chi connectivity index (χ3v) is 3.87. The molecule has 0 amide bonds. The van der Waals surface area contributed by atoms with Crippen LogP contribution in [-0.2, 0) is 26.6 Å². The van der Waals surface area contributed by atoms with Crippen LogP contribution in [-0.4, -0.2) is 31.3 Å². The summed E-state index contributed by atoms with van der Waals surface area (Å²) in [6.07, 6.45) is 2.88. The maximum absolute atomic E-state index is 4.48. The molecule has 0 spiro atoms. The number of hydrogen-bond donors (Lipinski definition) is 1. The summed E-state index contributed by atoms with van der Waals surface area (Å²) in [4.78, 5) is 0. The highest BCUT2D eigenvalue weighted by Crippen LogP contribution is 2.22. The molecule has 6 nitrogen and oxygen atoms in total. The number of hydrogen-bond acceptors (Lipinski definition) is 4. The Kier molecular flexibility index (Phi) is 4.71. The molecule has 0 bridgehead atoms. The Morgan fingerprint density at radius 3 is 2.79 bits per heavy atom. The van der Waals surface area contributed by atoms with Gasteiger partial charge in [0.1, 0.15) is 0 Å². The van der Waals surface area contributed by atoms with Crippen LogP contribution in [0.25, 0.3) is 0 Å². The van der Waals surface area contributed by atoms with E-state index in [0.717, 1.165) is 41.1 Å². The number of aryl methyl sites for hydroxylation is 2. The van der Waals surface area contributed by atoms with Crippen LogP contribution >= 0.6 is 15.9 Å². The molecule has 0 atom stereocenters. The van der Waals surface area contributed by atoms with Gasteiger partial charge < -0.3 is 5.32 Å². The van der Waals surface area contributed by atoms with Crippen molar-refractivity contribution >= 4 is 15.9 Å². The largest absolute Gasteiger partial charge is 0.311 e. The van der Waals surface area contributed by atoms with Gasteiger partial charge in [-0.3, -0.25) is 4.68 Å². The molecule has 2 rings (SSSR count). The maximum atomic E-state index is 4.48. The van der Waals surface area contributed by atoms with Crippen LogP contribution in [0.2, 0.25) is 0 Å². The fourth-order valence-corrected chi connectivity index (χ4v) is 2.64. The molecule has 2 aromatic heterocycles. The molecule has 0 aliphatic rings. The average Bonchev–Trinajstić information content (AvgIpc) is 2.96. The van der Waals surface area contributed by atoms with E-state index in [1.807, 2.05) is 22.6 Å². The first kappa shape index (κ1) is 14.2. The van der Waals surface area contributed by atoms with E-state index < -0.39 is 0 Å². The molecular weight excluding hydrogens is 308 g/mol. The lowest BCUT2D eigenvalue weighted by Gasteiger charge is -2.02. The lowest BCUT2D eigenvalue weighted by atomic mass is 10.3. The molecule has 0 saturated carbocycles. The Hall–Kier alpha value is -1.21. The highest BCUT2D eigenvalue weighted by molar-refractivity contribution is 9.10. The van der Waals surface area contributed by atoms with E-state index in [-0.39, 0.29) is 0 Å². The molecule has 0 radical (unpaired) electrons. The number of nitrogens with one attached hydrogen (secondary N) is 1. The van der Waals surface area contributed by atoms with Crippen molar-refractivity contribution in [3.05, 3.63) is 27.8 Å². The Bertz CT molecular complexity index is 544. The van der Waals surface area contributed by atoms with Crippen LogP contribution in [0.15, 0.2) is 10.7 Å². The predicted octanol–water partition coefficient (Wildman–Crippen LogP) is 1.49. The molecule has 0 aliphatic carbocycles. The van der Waals surface area contributed by atoms with Crippen LogP contribution in [0, 0.1) is 0 Å². The molecule has 0 saturated heterocycles. The summed E-state index contributed by atoms with van der Waals surface area (Å²) in [6, 6.07) is 0. The second-order valence-electron chi connectivity index (χ2n) is 4.37. The van der Waals surface area contributed by atoms with Crippen LogP contribution in [0.4, 0.5) is 0 Å². The van der Waals surface area contributed by atoms with Gasteiger partial charge in [0.2, 0.25) is 0 Å². The van der Waals surface area contributed by atoms with Crippen LogP contribution in [0.5, 0.6) is 0 Å². The first-order valence-electron chi connectivity index (χ1n) is 6.45. The van der Waals surface area contributed by atoms with Crippen LogP contribution < -0.4 is 5.32 Å². The molecule has 0 aromatic carbocycles. The van der Waals surface area contributed by atoms with E-state index in [1.54, 1.807) is 0 Å². The van der Waals surface area contributed by atoms with Crippen molar-refractivity contribution < 1.29 is 0 Å². The fraction of sp³-hybridized carbons (Fsp3) is 0.583. The lowest BCUT2D eigenvalue weighted by molar-refractivity contribution is 0.597. The van der Waals surface area contributed by atoms with Crippen molar-refractivity contribution in [2.24, 2.45) is 7.05 Å². The zero-order valence-corrected chi connectivity index (χ0v) is 13.1. The molecule has 0 aliphatic heterocycles. The number of nitrogens with zero attached hydrogens (tertiary/aromatic N) is 5. The fourth-order valence-electron chi connectivity index (χ4n) is 1.89. The summed E-state index contributed by atoms with van der Waals surface area (Å²) in [7, 11) is 1.95. The molecular formula is C12H19BrN6. The smallest absolute Gasteiger partial charge is 0.0964 e. The molecule has 2 heterocycles. The van der Waals surface area contributed by atoms with Gasteiger partial charge in [-0.2, -0.15) is 5.10 Å². The summed E-state index contributed by atoms with van der Waals surface area (Å²) in [6.45, 7) is 6.52. The van der Waals surface area contributed by atoms with E-state index in [0.29, 0.717) is 6.54 Å². The van der Waals surface area contributed by atoms with Gasteiger partial charge in [-0.25, -0.2) is 4.68 Å². The standard InChI is InChI=1S/C12H19BrN6/c1-4-10-12(13)11(18(3)16-10)8-19-7-9(15-17-19)6-14-5-2/h7,14H,4-6,8H2,1-3H3. The number of aromatic nitrogens is 5. The molecule has 1 N–H and O–H groups in total.